The lowest BCUT2D eigenvalue weighted by Gasteiger charge is -2.20. The summed E-state index contributed by atoms with van der Waals surface area (Å²) in [6.07, 6.45) is 1.82. The smallest absolute Gasteiger partial charge is 0.328 e. The Morgan fingerprint density at radius 2 is 1.91 bits per heavy atom. The van der Waals surface area contributed by atoms with Crippen LogP contribution in [0.5, 0.6) is 11.5 Å². The predicted molar refractivity (Wildman–Crippen MR) is 85.9 cm³/mol. The van der Waals surface area contributed by atoms with Gasteiger partial charge in [0.05, 0.1) is 12.2 Å². The number of carbonyl (C=O) groups excluding carboxylic acids is 1. The summed E-state index contributed by atoms with van der Waals surface area (Å²) >= 11 is 6.03. The van der Waals surface area contributed by atoms with E-state index in [4.69, 9.17) is 21.4 Å². The van der Waals surface area contributed by atoms with Crippen LogP contribution in [0.3, 0.4) is 0 Å². The van der Waals surface area contributed by atoms with Crippen LogP contribution in [0.2, 0.25) is 5.02 Å². The number of hydrogen-bond donors (Lipinski definition) is 1. The normalized spacial score (nSPS) is 13.0. The van der Waals surface area contributed by atoms with Gasteiger partial charge in [0.25, 0.3) is 5.91 Å². The van der Waals surface area contributed by atoms with E-state index in [0.29, 0.717) is 22.2 Å². The molecule has 1 heterocycles. The molecular weight excluding hydrogens is 318 g/mol. The average molecular weight is 330 g/mol. The monoisotopic (exact) mass is 329 g/mol. The van der Waals surface area contributed by atoms with Crippen molar-refractivity contribution in [2.45, 2.75) is 6.54 Å². The fourth-order valence-corrected chi connectivity index (χ4v) is 2.49. The molecule has 1 N–H and O–H groups in total. The molecule has 0 aromatic heterocycles. The Balaban J connectivity index is 2.08. The van der Waals surface area contributed by atoms with Gasteiger partial charge in [0, 0.05) is 22.7 Å². The number of amides is 1. The van der Waals surface area contributed by atoms with Gasteiger partial charge in [-0.25, -0.2) is 4.79 Å². The van der Waals surface area contributed by atoms with Crippen LogP contribution in [-0.2, 0) is 16.1 Å². The molecule has 1 aliphatic heterocycles. The number of ether oxygens (including phenoxy) is 1. The van der Waals surface area contributed by atoms with Crippen molar-refractivity contribution in [3.63, 3.8) is 0 Å². The third-order valence-corrected chi connectivity index (χ3v) is 3.60. The quantitative estimate of drug-likeness (QED) is 0.854. The fourth-order valence-electron chi connectivity index (χ4n) is 2.32. The van der Waals surface area contributed by atoms with Crippen molar-refractivity contribution in [2.75, 3.05) is 4.90 Å². The number of nitrogens with zero attached hydrogens (tertiary/aromatic N) is 1. The van der Waals surface area contributed by atoms with Gasteiger partial charge < -0.3 is 14.7 Å². The standard InChI is InChI=1S/C17H12ClNO4/c18-12-5-6-15-13(9-12)19(16(20)7-8-17(21)22)10-11-3-1-2-4-14(11)23-15/h1-9H,10H2,(H,21,22)/b8-7-. The van der Waals surface area contributed by atoms with Crippen LogP contribution in [0.4, 0.5) is 5.69 Å². The van der Waals surface area contributed by atoms with E-state index < -0.39 is 11.9 Å². The van der Waals surface area contributed by atoms with Crippen LogP contribution >= 0.6 is 11.6 Å². The van der Waals surface area contributed by atoms with Crippen molar-refractivity contribution in [2.24, 2.45) is 0 Å². The van der Waals surface area contributed by atoms with E-state index in [1.165, 1.54) is 4.90 Å². The fraction of sp³-hybridized carbons (Fsp3) is 0.0588. The molecule has 23 heavy (non-hydrogen) atoms. The summed E-state index contributed by atoms with van der Waals surface area (Å²) in [6, 6.07) is 12.3. The Labute approximate surface area is 137 Å². The Morgan fingerprint density at radius 1 is 1.13 bits per heavy atom. The average Bonchev–Trinajstić information content (AvgIpc) is 2.69. The molecule has 0 atom stereocenters. The van der Waals surface area contributed by atoms with Crippen molar-refractivity contribution in [3.8, 4) is 11.5 Å². The minimum Gasteiger partial charge on any atom is -0.478 e. The molecule has 1 amide bonds. The molecule has 0 saturated carbocycles. The first kappa shape index (κ1) is 15.1. The number of carboxylic acid groups (broad SMARTS) is 1. The molecule has 0 spiro atoms. The molecule has 5 nitrogen and oxygen atoms in total. The third kappa shape index (κ3) is 3.19. The molecule has 6 heteroatoms. The highest BCUT2D eigenvalue weighted by Gasteiger charge is 2.24. The largest absolute Gasteiger partial charge is 0.478 e. The minimum atomic E-state index is -1.18. The number of fused-ring (bicyclic) bond motifs is 2. The molecule has 2 aromatic rings. The number of hydrogen-bond acceptors (Lipinski definition) is 3. The minimum absolute atomic E-state index is 0.256. The number of benzene rings is 2. The molecule has 0 unspecified atom stereocenters. The molecule has 2 aromatic carbocycles. The topological polar surface area (TPSA) is 66.8 Å². The van der Waals surface area contributed by atoms with Gasteiger partial charge in [0.1, 0.15) is 5.75 Å². The molecule has 0 bridgehead atoms. The van der Waals surface area contributed by atoms with E-state index in [-0.39, 0.29) is 6.54 Å². The maximum absolute atomic E-state index is 12.4. The van der Waals surface area contributed by atoms with Crippen LogP contribution in [0, 0.1) is 0 Å². The molecular formula is C17H12ClNO4. The molecule has 0 saturated heterocycles. The van der Waals surface area contributed by atoms with Crippen molar-refractivity contribution in [1.29, 1.82) is 0 Å². The SMILES string of the molecule is O=C(O)/C=C\C(=O)N1Cc2ccccc2Oc2ccc(Cl)cc21. The highest BCUT2D eigenvalue weighted by Crippen LogP contribution is 2.40. The van der Waals surface area contributed by atoms with Gasteiger partial charge in [-0.05, 0) is 24.3 Å². The van der Waals surface area contributed by atoms with E-state index in [9.17, 15) is 9.59 Å². The molecule has 1 aliphatic rings. The maximum atomic E-state index is 12.4. The van der Waals surface area contributed by atoms with Crippen LogP contribution < -0.4 is 9.64 Å². The third-order valence-electron chi connectivity index (χ3n) is 3.37. The van der Waals surface area contributed by atoms with Gasteiger partial charge in [0.15, 0.2) is 5.75 Å². The van der Waals surface area contributed by atoms with Crippen LogP contribution in [0.1, 0.15) is 5.56 Å². The van der Waals surface area contributed by atoms with Crippen LogP contribution in [-0.4, -0.2) is 17.0 Å². The number of halogens is 1. The number of anilines is 1. The second kappa shape index (κ2) is 6.14. The zero-order valence-corrected chi connectivity index (χ0v) is 12.7. The molecule has 116 valence electrons. The first-order chi connectivity index (χ1) is 11.0. The lowest BCUT2D eigenvalue weighted by molar-refractivity contribution is -0.131. The Hall–Kier alpha value is -2.79. The zero-order chi connectivity index (χ0) is 16.4. The lowest BCUT2D eigenvalue weighted by Crippen LogP contribution is -2.28. The second-order valence-corrected chi connectivity index (χ2v) is 5.35. The molecule has 0 fully saturated rings. The molecule has 3 rings (SSSR count). The van der Waals surface area contributed by atoms with Crippen molar-refractivity contribution < 1.29 is 19.4 Å². The van der Waals surface area contributed by atoms with E-state index >= 15 is 0 Å². The zero-order valence-electron chi connectivity index (χ0n) is 11.9. The number of carbonyl (C=O) groups is 2. The van der Waals surface area contributed by atoms with E-state index in [1.807, 2.05) is 24.3 Å². The summed E-state index contributed by atoms with van der Waals surface area (Å²) in [7, 11) is 0. The maximum Gasteiger partial charge on any atom is 0.328 e. The highest BCUT2D eigenvalue weighted by molar-refractivity contribution is 6.31. The number of rotatable bonds is 2. The Kier molecular flexibility index (Phi) is 4.04. The number of para-hydroxylation sites is 1. The Morgan fingerprint density at radius 3 is 2.70 bits per heavy atom. The van der Waals surface area contributed by atoms with Gasteiger partial charge in [-0.3, -0.25) is 4.79 Å². The second-order valence-electron chi connectivity index (χ2n) is 4.92. The van der Waals surface area contributed by atoms with E-state index in [0.717, 1.165) is 17.7 Å². The van der Waals surface area contributed by atoms with E-state index in [1.54, 1.807) is 18.2 Å². The van der Waals surface area contributed by atoms with Gasteiger partial charge >= 0.3 is 5.97 Å². The summed E-state index contributed by atoms with van der Waals surface area (Å²) in [5, 5.41) is 9.17. The number of aliphatic carboxylic acids is 1. The van der Waals surface area contributed by atoms with Gasteiger partial charge in [-0.2, -0.15) is 0 Å². The predicted octanol–water partition coefficient (Wildman–Crippen LogP) is 3.62. The molecule has 0 radical (unpaired) electrons. The lowest BCUT2D eigenvalue weighted by atomic mass is 10.2. The van der Waals surface area contributed by atoms with Crippen molar-refractivity contribution in [3.05, 3.63) is 65.2 Å². The van der Waals surface area contributed by atoms with Crippen LogP contribution in [0.25, 0.3) is 0 Å². The number of carboxylic acids is 1. The van der Waals surface area contributed by atoms with Gasteiger partial charge in [-0.15, -0.1) is 0 Å². The first-order valence-corrected chi connectivity index (χ1v) is 7.20. The van der Waals surface area contributed by atoms with Crippen molar-refractivity contribution >= 4 is 29.2 Å². The highest BCUT2D eigenvalue weighted by atomic mass is 35.5. The summed E-state index contributed by atoms with van der Waals surface area (Å²) in [4.78, 5) is 24.5. The summed E-state index contributed by atoms with van der Waals surface area (Å²) in [6.45, 7) is 0.256. The van der Waals surface area contributed by atoms with Crippen molar-refractivity contribution in [1.82, 2.24) is 0 Å². The summed E-state index contributed by atoms with van der Waals surface area (Å²) in [5.41, 5.74) is 1.31. The Bertz CT molecular complexity index is 816. The van der Waals surface area contributed by atoms with Gasteiger partial charge in [-0.1, -0.05) is 29.8 Å². The molecule has 0 aliphatic carbocycles. The van der Waals surface area contributed by atoms with Crippen LogP contribution in [0.15, 0.2) is 54.6 Å². The summed E-state index contributed by atoms with van der Waals surface area (Å²) < 4.78 is 5.87. The van der Waals surface area contributed by atoms with Gasteiger partial charge in [0.2, 0.25) is 0 Å². The summed E-state index contributed by atoms with van der Waals surface area (Å²) in [5.74, 6) is -0.516. The first-order valence-electron chi connectivity index (χ1n) is 6.82. The van der Waals surface area contributed by atoms with E-state index in [2.05, 4.69) is 0 Å².